The van der Waals surface area contributed by atoms with Crippen LogP contribution in [0.15, 0.2) is 45.8 Å². The van der Waals surface area contributed by atoms with Gasteiger partial charge in [-0.2, -0.15) is 0 Å². The minimum Gasteiger partial charge on any atom is -0.468 e. The van der Waals surface area contributed by atoms with Gasteiger partial charge in [0.25, 0.3) is 5.56 Å². The van der Waals surface area contributed by atoms with Crippen molar-refractivity contribution >= 4 is 10.9 Å². The average Bonchev–Trinajstić information content (AvgIpc) is 3.72. The molecule has 1 N–H and O–H groups in total. The first kappa shape index (κ1) is 25.0. The highest BCUT2D eigenvalue weighted by Crippen LogP contribution is 2.35. The van der Waals surface area contributed by atoms with Crippen molar-refractivity contribution in [1.82, 2.24) is 30.1 Å². The number of tetrazole rings is 1. The molecule has 2 fully saturated rings. The molecule has 4 heterocycles. The van der Waals surface area contributed by atoms with Gasteiger partial charge in [0.2, 0.25) is 0 Å². The van der Waals surface area contributed by atoms with Crippen LogP contribution in [0.3, 0.4) is 0 Å². The highest BCUT2D eigenvalue weighted by molar-refractivity contribution is 5.85. The number of H-pyrrole nitrogens is 1. The van der Waals surface area contributed by atoms with E-state index in [4.69, 9.17) is 9.15 Å². The van der Waals surface area contributed by atoms with Crippen molar-refractivity contribution in [3.8, 4) is 0 Å². The lowest BCUT2D eigenvalue weighted by Gasteiger charge is -2.33. The Labute approximate surface area is 222 Å². The molecule has 9 nitrogen and oxygen atoms in total. The zero-order valence-electron chi connectivity index (χ0n) is 22.2. The van der Waals surface area contributed by atoms with Crippen LogP contribution in [0.4, 0.5) is 0 Å². The SMILES string of the molecule is Cc1ccc(C)c2[nH]c(=O)c([C@@H](c3nnnn3C3CCCCC3)N(Cc3ccco3)C[C@H]3CCCO3)cc12. The van der Waals surface area contributed by atoms with Crippen LogP contribution in [0, 0.1) is 13.8 Å². The maximum Gasteiger partial charge on any atom is 0.253 e. The lowest BCUT2D eigenvalue weighted by Crippen LogP contribution is -2.39. The van der Waals surface area contributed by atoms with E-state index >= 15 is 0 Å². The molecule has 0 amide bonds. The number of ether oxygens (including phenoxy) is 1. The Morgan fingerprint density at radius 2 is 1.95 bits per heavy atom. The summed E-state index contributed by atoms with van der Waals surface area (Å²) in [5.41, 5.74) is 3.56. The molecule has 6 rings (SSSR count). The lowest BCUT2D eigenvalue weighted by atomic mass is 9.94. The van der Waals surface area contributed by atoms with Gasteiger partial charge in [-0.15, -0.1) is 5.10 Å². The van der Waals surface area contributed by atoms with Gasteiger partial charge >= 0.3 is 0 Å². The molecule has 3 aromatic heterocycles. The third-order valence-corrected chi connectivity index (χ3v) is 8.22. The number of aromatic amines is 1. The zero-order valence-corrected chi connectivity index (χ0v) is 22.2. The first-order valence-corrected chi connectivity index (χ1v) is 13.9. The molecule has 4 aromatic rings. The highest BCUT2D eigenvalue weighted by Gasteiger charge is 2.35. The van der Waals surface area contributed by atoms with Crippen LogP contribution < -0.4 is 5.56 Å². The Balaban J connectivity index is 1.52. The number of furan rings is 1. The van der Waals surface area contributed by atoms with E-state index in [-0.39, 0.29) is 17.7 Å². The van der Waals surface area contributed by atoms with Gasteiger partial charge in [0.15, 0.2) is 5.82 Å². The quantitative estimate of drug-likeness (QED) is 0.352. The Morgan fingerprint density at radius 3 is 2.71 bits per heavy atom. The maximum absolute atomic E-state index is 13.9. The third-order valence-electron chi connectivity index (χ3n) is 8.22. The van der Waals surface area contributed by atoms with E-state index < -0.39 is 6.04 Å². The number of aryl methyl sites for hydroxylation is 2. The van der Waals surface area contributed by atoms with Gasteiger partial charge in [0.05, 0.1) is 30.5 Å². The van der Waals surface area contributed by atoms with Crippen molar-refractivity contribution in [2.45, 2.75) is 83.5 Å². The molecule has 200 valence electrons. The van der Waals surface area contributed by atoms with E-state index in [0.29, 0.717) is 24.5 Å². The number of nitrogens with one attached hydrogen (secondary N) is 1. The smallest absolute Gasteiger partial charge is 0.253 e. The second kappa shape index (κ2) is 10.8. The second-order valence-electron chi connectivity index (χ2n) is 10.9. The molecule has 2 aliphatic rings. The van der Waals surface area contributed by atoms with Crippen LogP contribution in [-0.2, 0) is 11.3 Å². The van der Waals surface area contributed by atoms with Gasteiger partial charge in [0, 0.05) is 24.1 Å². The molecule has 0 unspecified atom stereocenters. The Bertz CT molecular complexity index is 1430. The lowest BCUT2D eigenvalue weighted by molar-refractivity contribution is 0.0539. The topological polar surface area (TPSA) is 102 Å². The summed E-state index contributed by atoms with van der Waals surface area (Å²) in [6, 6.07) is 9.84. The molecular formula is C29H36N6O3. The van der Waals surface area contributed by atoms with Crippen LogP contribution in [0.5, 0.6) is 0 Å². The summed E-state index contributed by atoms with van der Waals surface area (Å²) in [5, 5.41) is 14.3. The molecule has 0 bridgehead atoms. The van der Waals surface area contributed by atoms with Crippen LogP contribution in [-0.4, -0.2) is 49.3 Å². The van der Waals surface area contributed by atoms with Crippen molar-refractivity contribution in [3.63, 3.8) is 0 Å². The summed E-state index contributed by atoms with van der Waals surface area (Å²) >= 11 is 0. The van der Waals surface area contributed by atoms with Crippen LogP contribution in [0.1, 0.15) is 85.3 Å². The van der Waals surface area contributed by atoms with Gasteiger partial charge in [-0.05, 0) is 79.3 Å². The number of nitrogens with zero attached hydrogens (tertiary/aromatic N) is 5. The largest absolute Gasteiger partial charge is 0.468 e. The second-order valence-corrected chi connectivity index (χ2v) is 10.9. The number of rotatable bonds is 8. The molecule has 1 aromatic carbocycles. The molecule has 2 atom stereocenters. The number of aromatic nitrogens is 5. The van der Waals surface area contributed by atoms with E-state index in [2.05, 4.69) is 44.5 Å². The average molecular weight is 517 g/mol. The third kappa shape index (κ3) is 4.92. The number of pyridine rings is 1. The van der Waals surface area contributed by atoms with Crippen LogP contribution in [0.25, 0.3) is 10.9 Å². The van der Waals surface area contributed by atoms with Crippen molar-refractivity contribution in [1.29, 1.82) is 0 Å². The predicted octanol–water partition coefficient (Wildman–Crippen LogP) is 5.00. The standard InChI is InChI=1S/C29H36N6O3/c1-19-12-13-20(2)26-24(19)16-25(29(36)30-26)27(28-31-32-33-35(28)21-8-4-3-5-9-21)34(17-22-10-6-14-37-22)18-23-11-7-15-38-23/h6,10,12-14,16,21,23,27H,3-5,7-9,11,15,17-18H2,1-2H3,(H,30,36)/t23-,27+/m1/s1. The van der Waals surface area contributed by atoms with E-state index in [0.717, 1.165) is 72.9 Å². The van der Waals surface area contributed by atoms with Crippen LogP contribution in [0.2, 0.25) is 0 Å². The van der Waals surface area contributed by atoms with Crippen molar-refractivity contribution in [2.75, 3.05) is 13.2 Å². The Kier molecular flexibility index (Phi) is 7.12. The number of fused-ring (bicyclic) bond motifs is 1. The molecule has 1 aliphatic carbocycles. The van der Waals surface area contributed by atoms with Gasteiger partial charge < -0.3 is 14.1 Å². The number of hydrogen-bond donors (Lipinski definition) is 1. The minimum atomic E-state index is -0.464. The first-order chi connectivity index (χ1) is 18.6. The number of hydrogen-bond acceptors (Lipinski definition) is 7. The summed E-state index contributed by atoms with van der Waals surface area (Å²) in [5.74, 6) is 1.53. The minimum absolute atomic E-state index is 0.0787. The molecule has 1 saturated heterocycles. The monoisotopic (exact) mass is 516 g/mol. The first-order valence-electron chi connectivity index (χ1n) is 13.9. The molecular weight excluding hydrogens is 480 g/mol. The summed E-state index contributed by atoms with van der Waals surface area (Å²) in [4.78, 5) is 19.3. The highest BCUT2D eigenvalue weighted by atomic mass is 16.5. The fraction of sp³-hybridized carbons (Fsp3) is 0.517. The van der Waals surface area contributed by atoms with Crippen molar-refractivity contribution in [3.05, 3.63) is 75.2 Å². The van der Waals surface area contributed by atoms with Crippen LogP contribution >= 0.6 is 0 Å². The summed E-state index contributed by atoms with van der Waals surface area (Å²) < 4.78 is 13.8. The van der Waals surface area contributed by atoms with E-state index in [9.17, 15) is 4.79 Å². The molecule has 38 heavy (non-hydrogen) atoms. The summed E-state index contributed by atoms with van der Waals surface area (Å²) in [6.07, 6.45) is 9.45. The Hall–Kier alpha value is -3.30. The fourth-order valence-electron chi connectivity index (χ4n) is 6.17. The van der Waals surface area contributed by atoms with E-state index in [1.54, 1.807) is 6.26 Å². The summed E-state index contributed by atoms with van der Waals surface area (Å²) in [7, 11) is 0. The molecule has 0 spiro atoms. The van der Waals surface area contributed by atoms with Crippen molar-refractivity contribution in [2.24, 2.45) is 0 Å². The molecule has 1 aliphatic heterocycles. The van der Waals surface area contributed by atoms with Crippen molar-refractivity contribution < 1.29 is 9.15 Å². The van der Waals surface area contributed by atoms with E-state index in [1.165, 1.54) is 6.42 Å². The zero-order chi connectivity index (χ0) is 26.1. The molecule has 9 heteroatoms. The number of benzene rings is 1. The molecule has 1 saturated carbocycles. The maximum atomic E-state index is 13.9. The van der Waals surface area contributed by atoms with E-state index in [1.807, 2.05) is 29.8 Å². The van der Waals surface area contributed by atoms with Gasteiger partial charge in [0.1, 0.15) is 11.8 Å². The summed E-state index contributed by atoms with van der Waals surface area (Å²) in [6.45, 7) is 6.03. The van der Waals surface area contributed by atoms with Gasteiger partial charge in [-0.1, -0.05) is 31.4 Å². The molecule has 0 radical (unpaired) electrons. The predicted molar refractivity (Wildman–Crippen MR) is 144 cm³/mol. The fourth-order valence-corrected chi connectivity index (χ4v) is 6.17. The normalized spacial score (nSPS) is 19.5. The Morgan fingerprint density at radius 1 is 1.11 bits per heavy atom. The van der Waals surface area contributed by atoms with Gasteiger partial charge in [-0.3, -0.25) is 9.69 Å². The van der Waals surface area contributed by atoms with Gasteiger partial charge in [-0.25, -0.2) is 4.68 Å².